The summed E-state index contributed by atoms with van der Waals surface area (Å²) in [5.41, 5.74) is 1.42. The third kappa shape index (κ3) is 6.79. The van der Waals surface area contributed by atoms with E-state index in [1.807, 2.05) is 38.3 Å². The molecule has 0 radical (unpaired) electrons. The van der Waals surface area contributed by atoms with Crippen molar-refractivity contribution in [3.8, 4) is 17.4 Å². The average Bonchev–Trinajstić information content (AvgIpc) is 3.34. The maximum atomic E-state index is 13.9. The van der Waals surface area contributed by atoms with Crippen molar-refractivity contribution < 1.29 is 22.6 Å². The first-order chi connectivity index (χ1) is 18.6. The molecule has 12 heteroatoms. The quantitative estimate of drug-likeness (QED) is 0.340. The number of ether oxygens (including phenoxy) is 3. The Morgan fingerprint density at radius 1 is 1.10 bits per heavy atom. The van der Waals surface area contributed by atoms with Crippen LogP contribution in [0.5, 0.6) is 5.88 Å². The highest BCUT2D eigenvalue weighted by molar-refractivity contribution is 7.91. The first-order valence-corrected chi connectivity index (χ1v) is 15.0. The van der Waals surface area contributed by atoms with Gasteiger partial charge in [0, 0.05) is 25.1 Å². The zero-order valence-electron chi connectivity index (χ0n) is 23.4. The molecular formula is C27H38N6O5S. The molecule has 0 unspecified atom stereocenters. The molecule has 3 aromatic rings. The van der Waals surface area contributed by atoms with Crippen LogP contribution in [0, 0.1) is 6.92 Å². The van der Waals surface area contributed by atoms with Crippen molar-refractivity contribution in [3.63, 3.8) is 0 Å². The number of hydrogen-bond acceptors (Lipinski definition) is 10. The van der Waals surface area contributed by atoms with Crippen molar-refractivity contribution in [2.45, 2.75) is 89.2 Å². The van der Waals surface area contributed by atoms with Crippen molar-refractivity contribution >= 4 is 9.84 Å². The van der Waals surface area contributed by atoms with Gasteiger partial charge in [0.05, 0.1) is 30.6 Å². The smallest absolute Gasteiger partial charge is 0.213 e. The molecule has 39 heavy (non-hydrogen) atoms. The highest BCUT2D eigenvalue weighted by atomic mass is 32.2. The Morgan fingerprint density at radius 2 is 1.85 bits per heavy atom. The summed E-state index contributed by atoms with van der Waals surface area (Å²) in [6, 6.07) is 5.15. The zero-order chi connectivity index (χ0) is 28.2. The van der Waals surface area contributed by atoms with Crippen LogP contribution in [0.15, 0.2) is 30.6 Å². The van der Waals surface area contributed by atoms with Gasteiger partial charge in [0.1, 0.15) is 23.4 Å². The molecule has 1 fully saturated rings. The van der Waals surface area contributed by atoms with E-state index in [-0.39, 0.29) is 24.0 Å². The van der Waals surface area contributed by atoms with E-state index in [2.05, 4.69) is 25.1 Å². The van der Waals surface area contributed by atoms with E-state index in [9.17, 15) is 8.42 Å². The van der Waals surface area contributed by atoms with Gasteiger partial charge in [0.15, 0.2) is 21.5 Å². The van der Waals surface area contributed by atoms with Crippen LogP contribution in [-0.2, 0) is 25.1 Å². The molecular weight excluding hydrogens is 520 g/mol. The van der Waals surface area contributed by atoms with Crippen molar-refractivity contribution in [1.29, 1.82) is 0 Å². The number of pyridine rings is 1. The molecule has 0 saturated carbocycles. The molecule has 212 valence electrons. The highest BCUT2D eigenvalue weighted by Gasteiger charge is 2.37. The maximum absolute atomic E-state index is 13.9. The molecule has 3 aromatic heterocycles. The van der Waals surface area contributed by atoms with E-state index in [0.717, 1.165) is 24.8 Å². The lowest BCUT2D eigenvalue weighted by Crippen LogP contribution is -2.33. The van der Waals surface area contributed by atoms with Gasteiger partial charge in [-0.15, -0.1) is 10.2 Å². The molecule has 4 rings (SSSR count). The SMILES string of the molecule is COc1cccc(-c2nnc(CS(=O)(=O)[C@@H](C)[C@@H](OC(C)C)c3ncc(C)cn3)n2[C@@H](C)[C@@H]2CCCCO2)n1. The summed E-state index contributed by atoms with van der Waals surface area (Å²) in [7, 11) is -2.26. The minimum absolute atomic E-state index is 0.101. The van der Waals surface area contributed by atoms with Crippen LogP contribution in [0.4, 0.5) is 0 Å². The zero-order valence-corrected chi connectivity index (χ0v) is 24.3. The molecule has 0 N–H and O–H groups in total. The van der Waals surface area contributed by atoms with Gasteiger partial charge in [-0.2, -0.15) is 0 Å². The molecule has 1 saturated heterocycles. The van der Waals surface area contributed by atoms with Crippen molar-refractivity contribution in [2.24, 2.45) is 0 Å². The number of hydrogen-bond donors (Lipinski definition) is 0. The highest BCUT2D eigenvalue weighted by Crippen LogP contribution is 2.32. The lowest BCUT2D eigenvalue weighted by atomic mass is 10.0. The molecule has 0 spiro atoms. The summed E-state index contributed by atoms with van der Waals surface area (Å²) < 4.78 is 47.0. The van der Waals surface area contributed by atoms with Gasteiger partial charge < -0.3 is 18.8 Å². The summed E-state index contributed by atoms with van der Waals surface area (Å²) >= 11 is 0. The fourth-order valence-electron chi connectivity index (χ4n) is 4.71. The van der Waals surface area contributed by atoms with Crippen LogP contribution < -0.4 is 4.74 Å². The summed E-state index contributed by atoms with van der Waals surface area (Å²) in [5.74, 6) is 1.20. The molecule has 0 bridgehead atoms. The average molecular weight is 559 g/mol. The maximum Gasteiger partial charge on any atom is 0.213 e. The minimum atomic E-state index is -3.80. The molecule has 0 amide bonds. The third-order valence-electron chi connectivity index (χ3n) is 6.89. The first kappa shape index (κ1) is 29.0. The van der Waals surface area contributed by atoms with Gasteiger partial charge in [0.25, 0.3) is 0 Å². The topological polar surface area (TPSA) is 131 Å². The number of sulfone groups is 1. The molecule has 0 aromatic carbocycles. The van der Waals surface area contributed by atoms with Gasteiger partial charge in [0.2, 0.25) is 5.88 Å². The van der Waals surface area contributed by atoms with Crippen LogP contribution in [0.3, 0.4) is 0 Å². The Bertz CT molecular complexity index is 1340. The lowest BCUT2D eigenvalue weighted by Gasteiger charge is -2.30. The second-order valence-electron chi connectivity index (χ2n) is 10.3. The van der Waals surface area contributed by atoms with E-state index in [0.29, 0.717) is 35.7 Å². The molecule has 4 heterocycles. The van der Waals surface area contributed by atoms with Crippen LogP contribution in [0.1, 0.15) is 76.3 Å². The van der Waals surface area contributed by atoms with Crippen LogP contribution >= 0.6 is 0 Å². The number of aryl methyl sites for hydroxylation is 1. The Kier molecular flexibility index (Phi) is 9.29. The van der Waals surface area contributed by atoms with Crippen molar-refractivity contribution in [2.75, 3.05) is 13.7 Å². The Hall–Kier alpha value is -2.96. The molecule has 1 aliphatic rings. The summed E-state index contributed by atoms with van der Waals surface area (Å²) in [4.78, 5) is 13.3. The van der Waals surface area contributed by atoms with Gasteiger partial charge in [-0.1, -0.05) is 6.07 Å². The predicted octanol–water partition coefficient (Wildman–Crippen LogP) is 4.05. The second-order valence-corrected chi connectivity index (χ2v) is 12.6. The fourth-order valence-corrected chi connectivity index (χ4v) is 6.10. The molecule has 4 atom stereocenters. The molecule has 0 aliphatic carbocycles. The van der Waals surface area contributed by atoms with Crippen molar-refractivity contribution in [3.05, 3.63) is 47.8 Å². The largest absolute Gasteiger partial charge is 0.481 e. The van der Waals surface area contributed by atoms with E-state index in [4.69, 9.17) is 14.2 Å². The van der Waals surface area contributed by atoms with Crippen LogP contribution in [0.25, 0.3) is 11.5 Å². The summed E-state index contributed by atoms with van der Waals surface area (Å²) in [6.07, 6.45) is 5.06. The number of methoxy groups -OCH3 is 1. The van der Waals surface area contributed by atoms with E-state index >= 15 is 0 Å². The van der Waals surface area contributed by atoms with E-state index < -0.39 is 21.2 Å². The van der Waals surface area contributed by atoms with Crippen molar-refractivity contribution in [1.82, 2.24) is 29.7 Å². The normalized spacial score (nSPS) is 18.6. The minimum Gasteiger partial charge on any atom is -0.481 e. The molecule has 1 aliphatic heterocycles. The summed E-state index contributed by atoms with van der Waals surface area (Å²) in [6.45, 7) is 9.89. The van der Waals surface area contributed by atoms with Crippen LogP contribution in [-0.4, -0.2) is 69.3 Å². The van der Waals surface area contributed by atoms with Gasteiger partial charge >= 0.3 is 0 Å². The third-order valence-corrected chi connectivity index (χ3v) is 8.93. The second kappa shape index (κ2) is 12.5. The Balaban J connectivity index is 1.72. The Morgan fingerprint density at radius 3 is 2.49 bits per heavy atom. The molecule has 11 nitrogen and oxygen atoms in total. The Labute approximate surface area is 230 Å². The standard InChI is InChI=1S/C27H38N6O5S/c1-17(2)38-25(26-28-14-18(3)15-29-26)20(5)39(34,35)16-23-31-32-27(21-10-9-12-24(30-21)36-6)33(23)19(4)22-11-7-8-13-37-22/h9-10,12,14-15,17,19-20,22,25H,7-8,11,13,16H2,1-6H3/t19-,20-,22-,25+/m0/s1. The monoisotopic (exact) mass is 558 g/mol. The number of nitrogens with zero attached hydrogens (tertiary/aromatic N) is 6. The number of rotatable bonds is 11. The van der Waals surface area contributed by atoms with Gasteiger partial charge in [-0.05, 0) is 65.5 Å². The van der Waals surface area contributed by atoms with Gasteiger partial charge in [-0.25, -0.2) is 23.4 Å². The summed E-state index contributed by atoms with van der Waals surface area (Å²) in [5, 5.41) is 7.83. The first-order valence-electron chi connectivity index (χ1n) is 13.3. The lowest BCUT2D eigenvalue weighted by molar-refractivity contribution is -0.0125. The van der Waals surface area contributed by atoms with E-state index in [1.54, 1.807) is 38.6 Å². The number of aromatic nitrogens is 6. The van der Waals surface area contributed by atoms with E-state index in [1.165, 1.54) is 0 Å². The predicted molar refractivity (Wildman–Crippen MR) is 146 cm³/mol. The van der Waals surface area contributed by atoms with Gasteiger partial charge in [-0.3, -0.25) is 0 Å². The fraction of sp³-hybridized carbons (Fsp3) is 0.593. The van der Waals surface area contributed by atoms with Crippen LogP contribution in [0.2, 0.25) is 0 Å².